The van der Waals surface area contributed by atoms with Crippen molar-refractivity contribution in [3.8, 4) is 11.3 Å². The van der Waals surface area contributed by atoms with Gasteiger partial charge in [0.2, 0.25) is 0 Å². The Kier molecular flexibility index (Phi) is 2.49. The molecule has 0 atom stereocenters. The molecule has 0 saturated heterocycles. The maximum atomic E-state index is 11.2. The number of benzene rings is 1. The van der Waals surface area contributed by atoms with Crippen LogP contribution < -0.4 is 11.0 Å². The van der Waals surface area contributed by atoms with Crippen molar-refractivity contribution >= 4 is 11.0 Å². The van der Waals surface area contributed by atoms with E-state index < -0.39 is 0 Å². The van der Waals surface area contributed by atoms with Gasteiger partial charge in [-0.15, -0.1) is 0 Å². The molecular formula is C12H13N5O. The van der Waals surface area contributed by atoms with Crippen molar-refractivity contribution in [1.82, 2.24) is 25.5 Å². The Morgan fingerprint density at radius 2 is 2.06 bits per heavy atom. The molecule has 3 rings (SSSR count). The van der Waals surface area contributed by atoms with Gasteiger partial charge in [0.15, 0.2) is 0 Å². The lowest BCUT2D eigenvalue weighted by molar-refractivity contribution is 0.784. The first-order valence-corrected chi connectivity index (χ1v) is 5.67. The summed E-state index contributed by atoms with van der Waals surface area (Å²) in [6, 6.07) is 7.70. The van der Waals surface area contributed by atoms with Crippen LogP contribution in [-0.4, -0.2) is 27.2 Å². The third-order valence-corrected chi connectivity index (χ3v) is 2.81. The molecule has 6 nitrogen and oxygen atoms in total. The first kappa shape index (κ1) is 10.8. The standard InChI is InChI=1S/C12H13N5O/c1-13-6-8-5-10(17-16-8)7-2-3-9-11(4-7)15-12(18)14-9/h2-5,13H,6H2,1H3,(H,16,17)(H2,14,15,18). The fraction of sp³-hybridized carbons (Fsp3) is 0.167. The summed E-state index contributed by atoms with van der Waals surface area (Å²) >= 11 is 0. The molecule has 0 radical (unpaired) electrons. The second-order valence-electron chi connectivity index (χ2n) is 4.15. The van der Waals surface area contributed by atoms with Crippen LogP contribution in [0.2, 0.25) is 0 Å². The van der Waals surface area contributed by atoms with Gasteiger partial charge in [-0.2, -0.15) is 5.10 Å². The fourth-order valence-electron chi connectivity index (χ4n) is 1.98. The smallest absolute Gasteiger partial charge is 0.314 e. The number of aromatic nitrogens is 4. The average Bonchev–Trinajstić information content (AvgIpc) is 2.93. The predicted molar refractivity (Wildman–Crippen MR) is 69.3 cm³/mol. The van der Waals surface area contributed by atoms with Crippen LogP contribution >= 0.6 is 0 Å². The van der Waals surface area contributed by atoms with E-state index in [0.717, 1.165) is 34.5 Å². The van der Waals surface area contributed by atoms with Crippen molar-refractivity contribution in [2.24, 2.45) is 0 Å². The van der Waals surface area contributed by atoms with Crippen molar-refractivity contribution < 1.29 is 0 Å². The highest BCUT2D eigenvalue weighted by atomic mass is 16.1. The number of rotatable bonds is 3. The van der Waals surface area contributed by atoms with Crippen LogP contribution in [0.1, 0.15) is 5.69 Å². The van der Waals surface area contributed by atoms with Crippen molar-refractivity contribution in [2.75, 3.05) is 7.05 Å². The van der Waals surface area contributed by atoms with Crippen molar-refractivity contribution in [3.63, 3.8) is 0 Å². The van der Waals surface area contributed by atoms with Gasteiger partial charge in [0, 0.05) is 17.8 Å². The molecule has 4 N–H and O–H groups in total. The number of imidazole rings is 1. The van der Waals surface area contributed by atoms with Gasteiger partial charge in [-0.05, 0) is 25.2 Å². The number of H-pyrrole nitrogens is 3. The Hall–Kier alpha value is -2.34. The Morgan fingerprint density at radius 1 is 1.22 bits per heavy atom. The zero-order chi connectivity index (χ0) is 12.5. The van der Waals surface area contributed by atoms with E-state index in [1.807, 2.05) is 31.3 Å². The quantitative estimate of drug-likeness (QED) is 0.552. The molecule has 2 heterocycles. The molecule has 0 spiro atoms. The maximum Gasteiger partial charge on any atom is 0.323 e. The Balaban J connectivity index is 2.04. The van der Waals surface area contributed by atoms with E-state index in [2.05, 4.69) is 25.5 Å². The highest BCUT2D eigenvalue weighted by Crippen LogP contribution is 2.20. The molecule has 3 aromatic rings. The van der Waals surface area contributed by atoms with E-state index >= 15 is 0 Å². The summed E-state index contributed by atoms with van der Waals surface area (Å²) < 4.78 is 0. The molecule has 0 aliphatic rings. The summed E-state index contributed by atoms with van der Waals surface area (Å²) in [6.45, 7) is 0.746. The number of hydrogen-bond donors (Lipinski definition) is 4. The van der Waals surface area contributed by atoms with E-state index in [1.165, 1.54) is 0 Å². The third-order valence-electron chi connectivity index (χ3n) is 2.81. The first-order valence-electron chi connectivity index (χ1n) is 5.67. The average molecular weight is 243 g/mol. The molecule has 18 heavy (non-hydrogen) atoms. The van der Waals surface area contributed by atoms with E-state index in [0.29, 0.717) is 0 Å². The van der Waals surface area contributed by atoms with E-state index in [-0.39, 0.29) is 5.69 Å². The summed E-state index contributed by atoms with van der Waals surface area (Å²) in [5.74, 6) is 0. The maximum absolute atomic E-state index is 11.2. The molecule has 0 aliphatic heterocycles. The molecule has 92 valence electrons. The van der Waals surface area contributed by atoms with Gasteiger partial charge in [0.25, 0.3) is 0 Å². The third kappa shape index (κ3) is 1.82. The van der Waals surface area contributed by atoms with E-state index in [4.69, 9.17) is 0 Å². The molecule has 0 saturated carbocycles. The van der Waals surface area contributed by atoms with Crippen LogP contribution in [0.25, 0.3) is 22.3 Å². The minimum atomic E-state index is -0.194. The van der Waals surface area contributed by atoms with Gasteiger partial charge >= 0.3 is 5.69 Å². The van der Waals surface area contributed by atoms with Crippen LogP contribution in [0.3, 0.4) is 0 Å². The summed E-state index contributed by atoms with van der Waals surface area (Å²) in [6.07, 6.45) is 0. The normalized spacial score (nSPS) is 11.2. The number of aromatic amines is 3. The van der Waals surface area contributed by atoms with E-state index in [1.54, 1.807) is 0 Å². The number of fused-ring (bicyclic) bond motifs is 1. The molecular weight excluding hydrogens is 230 g/mol. The lowest BCUT2D eigenvalue weighted by Gasteiger charge is -1.95. The zero-order valence-corrected chi connectivity index (χ0v) is 9.87. The van der Waals surface area contributed by atoms with Crippen LogP contribution in [-0.2, 0) is 6.54 Å². The lowest BCUT2D eigenvalue weighted by atomic mass is 10.1. The summed E-state index contributed by atoms with van der Waals surface area (Å²) in [5, 5.41) is 10.3. The summed E-state index contributed by atoms with van der Waals surface area (Å²) in [4.78, 5) is 16.6. The summed E-state index contributed by atoms with van der Waals surface area (Å²) in [5.41, 5.74) is 4.25. The molecule has 6 heteroatoms. The second-order valence-corrected chi connectivity index (χ2v) is 4.15. The summed E-state index contributed by atoms with van der Waals surface area (Å²) in [7, 11) is 1.89. The van der Waals surface area contributed by atoms with Crippen LogP contribution in [0.4, 0.5) is 0 Å². The van der Waals surface area contributed by atoms with Gasteiger partial charge in [0.05, 0.1) is 16.7 Å². The van der Waals surface area contributed by atoms with Crippen molar-refractivity contribution in [1.29, 1.82) is 0 Å². The van der Waals surface area contributed by atoms with Crippen molar-refractivity contribution in [2.45, 2.75) is 6.54 Å². The topological polar surface area (TPSA) is 89.4 Å². The van der Waals surface area contributed by atoms with Crippen LogP contribution in [0.15, 0.2) is 29.1 Å². The number of nitrogens with one attached hydrogen (secondary N) is 4. The van der Waals surface area contributed by atoms with Gasteiger partial charge in [-0.3, -0.25) is 5.10 Å². The Labute approximate surface area is 102 Å². The molecule has 0 unspecified atom stereocenters. The Morgan fingerprint density at radius 3 is 2.89 bits per heavy atom. The molecule has 2 aromatic heterocycles. The Bertz CT molecular complexity index is 736. The molecule has 0 bridgehead atoms. The number of nitrogens with zero attached hydrogens (tertiary/aromatic N) is 1. The molecule has 0 amide bonds. The minimum absolute atomic E-state index is 0.194. The predicted octanol–water partition coefficient (Wildman–Crippen LogP) is 0.966. The highest BCUT2D eigenvalue weighted by Gasteiger charge is 2.05. The van der Waals surface area contributed by atoms with Crippen LogP contribution in [0.5, 0.6) is 0 Å². The second kappa shape index (κ2) is 4.15. The first-order chi connectivity index (χ1) is 8.76. The SMILES string of the molecule is CNCc1cc(-c2ccc3[nH]c(=O)[nH]c3c2)n[nH]1. The number of hydrogen-bond acceptors (Lipinski definition) is 3. The molecule has 0 fully saturated rings. The monoisotopic (exact) mass is 243 g/mol. The van der Waals surface area contributed by atoms with Gasteiger partial charge in [0.1, 0.15) is 0 Å². The van der Waals surface area contributed by atoms with Gasteiger partial charge in [-0.1, -0.05) is 6.07 Å². The van der Waals surface area contributed by atoms with Gasteiger partial charge < -0.3 is 15.3 Å². The van der Waals surface area contributed by atoms with Crippen molar-refractivity contribution in [3.05, 3.63) is 40.4 Å². The highest BCUT2D eigenvalue weighted by molar-refractivity contribution is 5.80. The van der Waals surface area contributed by atoms with Crippen LogP contribution in [0, 0.1) is 0 Å². The minimum Gasteiger partial charge on any atom is -0.314 e. The zero-order valence-electron chi connectivity index (χ0n) is 9.87. The fourth-order valence-corrected chi connectivity index (χ4v) is 1.98. The van der Waals surface area contributed by atoms with Gasteiger partial charge in [-0.25, -0.2) is 4.79 Å². The lowest BCUT2D eigenvalue weighted by Crippen LogP contribution is -2.04. The molecule has 1 aromatic carbocycles. The van der Waals surface area contributed by atoms with E-state index in [9.17, 15) is 4.79 Å². The molecule has 0 aliphatic carbocycles. The largest absolute Gasteiger partial charge is 0.323 e.